The predicted molar refractivity (Wildman–Crippen MR) is 82.6 cm³/mol. The van der Waals surface area contributed by atoms with Crippen LogP contribution in [-0.2, 0) is 6.54 Å². The summed E-state index contributed by atoms with van der Waals surface area (Å²) in [5, 5.41) is 6.99. The number of nitrogens with one attached hydrogen (secondary N) is 1. The average molecular weight is 281 g/mol. The zero-order valence-electron chi connectivity index (χ0n) is 12.5. The third-order valence-electron chi connectivity index (χ3n) is 4.06. The first-order valence-corrected chi connectivity index (χ1v) is 8.43. The molecule has 3 nitrogen and oxygen atoms in total. The van der Waals surface area contributed by atoms with Crippen molar-refractivity contribution < 1.29 is 0 Å². The number of aryl methyl sites for hydroxylation is 1. The van der Waals surface area contributed by atoms with Crippen LogP contribution in [0.25, 0.3) is 0 Å². The zero-order chi connectivity index (χ0) is 13.7. The van der Waals surface area contributed by atoms with Crippen molar-refractivity contribution in [1.82, 2.24) is 15.2 Å². The van der Waals surface area contributed by atoms with E-state index in [1.54, 1.807) is 11.3 Å². The largest absolute Gasteiger partial charge is 0.308 e. The number of thiazole rings is 1. The SMILES string of the molecule is CCCN1CCCC(C(C)NCc2csc(C)n2)C1. The van der Waals surface area contributed by atoms with Gasteiger partial charge in [-0.05, 0) is 52.1 Å². The molecule has 2 unspecified atom stereocenters. The number of likely N-dealkylation sites (tertiary alicyclic amines) is 1. The molecule has 0 bridgehead atoms. The van der Waals surface area contributed by atoms with Crippen molar-refractivity contribution in [3.05, 3.63) is 16.1 Å². The van der Waals surface area contributed by atoms with Gasteiger partial charge >= 0.3 is 0 Å². The number of nitrogens with zero attached hydrogens (tertiary/aromatic N) is 2. The standard InChI is InChI=1S/C15H27N3S/c1-4-7-18-8-5-6-14(10-18)12(2)16-9-15-11-19-13(3)17-15/h11-12,14,16H,4-10H2,1-3H3. The fourth-order valence-electron chi connectivity index (χ4n) is 2.94. The van der Waals surface area contributed by atoms with E-state index in [0.717, 1.165) is 17.5 Å². The lowest BCUT2D eigenvalue weighted by Crippen LogP contribution is -2.44. The van der Waals surface area contributed by atoms with Gasteiger partial charge in [-0.15, -0.1) is 11.3 Å². The van der Waals surface area contributed by atoms with Gasteiger partial charge in [-0.2, -0.15) is 0 Å². The Morgan fingerprint density at radius 3 is 3.11 bits per heavy atom. The van der Waals surface area contributed by atoms with Crippen molar-refractivity contribution in [1.29, 1.82) is 0 Å². The molecule has 1 N–H and O–H groups in total. The summed E-state index contributed by atoms with van der Waals surface area (Å²) in [6, 6.07) is 0.585. The number of piperidine rings is 1. The molecule has 0 aromatic carbocycles. The Morgan fingerprint density at radius 1 is 1.58 bits per heavy atom. The zero-order valence-corrected chi connectivity index (χ0v) is 13.3. The molecule has 0 saturated carbocycles. The average Bonchev–Trinajstić information content (AvgIpc) is 2.82. The number of rotatable bonds is 6. The van der Waals surface area contributed by atoms with E-state index in [2.05, 4.69) is 41.4 Å². The summed E-state index contributed by atoms with van der Waals surface area (Å²) >= 11 is 1.74. The number of hydrogen-bond acceptors (Lipinski definition) is 4. The van der Waals surface area contributed by atoms with Crippen LogP contribution >= 0.6 is 11.3 Å². The van der Waals surface area contributed by atoms with Gasteiger partial charge in [0.15, 0.2) is 0 Å². The highest BCUT2D eigenvalue weighted by Crippen LogP contribution is 2.20. The summed E-state index contributed by atoms with van der Waals surface area (Å²) in [7, 11) is 0. The lowest BCUT2D eigenvalue weighted by atomic mass is 9.91. The quantitative estimate of drug-likeness (QED) is 0.868. The first kappa shape index (κ1) is 14.9. The summed E-state index contributed by atoms with van der Waals surface area (Å²) < 4.78 is 0. The summed E-state index contributed by atoms with van der Waals surface area (Å²) in [6.45, 7) is 11.4. The monoisotopic (exact) mass is 281 g/mol. The van der Waals surface area contributed by atoms with E-state index in [1.807, 2.05) is 0 Å². The van der Waals surface area contributed by atoms with Crippen LogP contribution in [0.3, 0.4) is 0 Å². The summed E-state index contributed by atoms with van der Waals surface area (Å²) in [5.41, 5.74) is 1.19. The second-order valence-electron chi connectivity index (χ2n) is 5.73. The molecule has 0 aliphatic carbocycles. The van der Waals surface area contributed by atoms with Gasteiger partial charge in [0, 0.05) is 24.5 Å². The molecule has 1 aromatic heterocycles. The molecule has 1 saturated heterocycles. The number of aromatic nitrogens is 1. The molecule has 4 heteroatoms. The van der Waals surface area contributed by atoms with Crippen LogP contribution in [0.4, 0.5) is 0 Å². The van der Waals surface area contributed by atoms with Crippen molar-refractivity contribution in [3.8, 4) is 0 Å². The van der Waals surface area contributed by atoms with Crippen molar-refractivity contribution in [3.63, 3.8) is 0 Å². The second-order valence-corrected chi connectivity index (χ2v) is 6.79. The molecule has 1 aliphatic heterocycles. The van der Waals surface area contributed by atoms with E-state index in [4.69, 9.17) is 0 Å². The van der Waals surface area contributed by atoms with Crippen molar-refractivity contribution in [2.45, 2.75) is 52.6 Å². The van der Waals surface area contributed by atoms with E-state index in [1.165, 1.54) is 44.6 Å². The van der Waals surface area contributed by atoms with E-state index in [9.17, 15) is 0 Å². The Labute approximate surface area is 121 Å². The third-order valence-corrected chi connectivity index (χ3v) is 4.88. The van der Waals surface area contributed by atoms with Crippen molar-refractivity contribution in [2.75, 3.05) is 19.6 Å². The fourth-order valence-corrected chi connectivity index (χ4v) is 3.55. The van der Waals surface area contributed by atoms with Crippen molar-refractivity contribution >= 4 is 11.3 Å². The molecule has 2 heterocycles. The van der Waals surface area contributed by atoms with Gasteiger partial charge in [-0.3, -0.25) is 0 Å². The van der Waals surface area contributed by atoms with Gasteiger partial charge in [0.2, 0.25) is 0 Å². The molecular weight excluding hydrogens is 254 g/mol. The van der Waals surface area contributed by atoms with Gasteiger partial charge < -0.3 is 10.2 Å². The summed E-state index contributed by atoms with van der Waals surface area (Å²) in [5.74, 6) is 0.792. The number of hydrogen-bond donors (Lipinski definition) is 1. The van der Waals surface area contributed by atoms with Gasteiger partial charge in [0.25, 0.3) is 0 Å². The second kappa shape index (κ2) is 7.36. The van der Waals surface area contributed by atoms with E-state index >= 15 is 0 Å². The third kappa shape index (κ3) is 4.55. The van der Waals surface area contributed by atoms with Crippen LogP contribution in [0.2, 0.25) is 0 Å². The van der Waals surface area contributed by atoms with Crippen LogP contribution in [0.5, 0.6) is 0 Å². The maximum atomic E-state index is 4.52. The molecule has 1 aliphatic rings. The van der Waals surface area contributed by atoms with Crippen LogP contribution in [-0.4, -0.2) is 35.6 Å². The van der Waals surface area contributed by atoms with E-state index < -0.39 is 0 Å². The van der Waals surface area contributed by atoms with Gasteiger partial charge in [-0.25, -0.2) is 4.98 Å². The van der Waals surface area contributed by atoms with Gasteiger partial charge in [0.1, 0.15) is 0 Å². The fraction of sp³-hybridized carbons (Fsp3) is 0.800. The minimum atomic E-state index is 0.585. The maximum Gasteiger partial charge on any atom is 0.0897 e. The molecule has 108 valence electrons. The predicted octanol–water partition coefficient (Wildman–Crippen LogP) is 3.05. The highest BCUT2D eigenvalue weighted by atomic mass is 32.1. The molecule has 1 fully saturated rings. The summed E-state index contributed by atoms with van der Waals surface area (Å²) in [6.07, 6.45) is 3.99. The van der Waals surface area contributed by atoms with E-state index in [0.29, 0.717) is 6.04 Å². The molecular formula is C15H27N3S. The molecule has 0 amide bonds. The highest BCUT2D eigenvalue weighted by Gasteiger charge is 2.23. The highest BCUT2D eigenvalue weighted by molar-refractivity contribution is 7.09. The minimum absolute atomic E-state index is 0.585. The minimum Gasteiger partial charge on any atom is -0.308 e. The first-order chi connectivity index (χ1) is 9.19. The Bertz CT molecular complexity index is 375. The van der Waals surface area contributed by atoms with Gasteiger partial charge in [0.05, 0.1) is 10.7 Å². The van der Waals surface area contributed by atoms with Crippen LogP contribution in [0, 0.1) is 12.8 Å². The van der Waals surface area contributed by atoms with Gasteiger partial charge in [-0.1, -0.05) is 6.92 Å². The van der Waals surface area contributed by atoms with Crippen LogP contribution in [0.15, 0.2) is 5.38 Å². The molecule has 2 atom stereocenters. The molecule has 19 heavy (non-hydrogen) atoms. The maximum absolute atomic E-state index is 4.52. The molecule has 2 rings (SSSR count). The van der Waals surface area contributed by atoms with E-state index in [-0.39, 0.29) is 0 Å². The van der Waals surface area contributed by atoms with Crippen molar-refractivity contribution in [2.24, 2.45) is 5.92 Å². The lowest BCUT2D eigenvalue weighted by Gasteiger charge is -2.36. The Kier molecular flexibility index (Phi) is 5.79. The van der Waals surface area contributed by atoms with Crippen LogP contribution in [0.1, 0.15) is 43.8 Å². The Balaban J connectivity index is 1.77. The molecule has 0 spiro atoms. The summed E-state index contributed by atoms with van der Waals surface area (Å²) in [4.78, 5) is 7.14. The first-order valence-electron chi connectivity index (χ1n) is 7.55. The molecule has 1 aromatic rings. The topological polar surface area (TPSA) is 28.2 Å². The molecule has 0 radical (unpaired) electrons. The normalized spacial score (nSPS) is 22.6. The Hall–Kier alpha value is -0.450. The smallest absolute Gasteiger partial charge is 0.0897 e. The Morgan fingerprint density at radius 2 is 2.42 bits per heavy atom. The van der Waals surface area contributed by atoms with Crippen LogP contribution < -0.4 is 5.32 Å². The lowest BCUT2D eigenvalue weighted by molar-refractivity contribution is 0.150.